The Labute approximate surface area is 124 Å². The molecule has 5 heteroatoms. The van der Waals surface area contributed by atoms with Crippen LogP contribution in [0.15, 0.2) is 30.3 Å². The average molecular weight is 291 g/mol. The Morgan fingerprint density at radius 3 is 2.62 bits per heavy atom. The van der Waals surface area contributed by atoms with Gasteiger partial charge in [0, 0.05) is 19.7 Å². The normalized spacial score (nSPS) is 23.0. The van der Waals surface area contributed by atoms with Gasteiger partial charge < -0.3 is 14.7 Å². The molecular weight excluding hydrogens is 270 g/mol. The van der Waals surface area contributed by atoms with Crippen molar-refractivity contribution in [2.75, 3.05) is 13.7 Å². The van der Waals surface area contributed by atoms with E-state index < -0.39 is 5.97 Å². The van der Waals surface area contributed by atoms with E-state index in [4.69, 9.17) is 9.84 Å². The van der Waals surface area contributed by atoms with Gasteiger partial charge in [0.25, 0.3) is 0 Å². The molecule has 1 aromatic rings. The number of aliphatic carboxylic acids is 1. The monoisotopic (exact) mass is 291 g/mol. The van der Waals surface area contributed by atoms with Gasteiger partial charge in [-0.3, -0.25) is 9.59 Å². The molecular formula is C16H21NO4. The highest BCUT2D eigenvalue weighted by atomic mass is 16.5. The van der Waals surface area contributed by atoms with Gasteiger partial charge in [0.1, 0.15) is 0 Å². The van der Waals surface area contributed by atoms with Crippen molar-refractivity contribution >= 4 is 11.9 Å². The maximum absolute atomic E-state index is 12.7. The van der Waals surface area contributed by atoms with Crippen LogP contribution >= 0.6 is 0 Å². The number of carboxylic acids is 1. The van der Waals surface area contributed by atoms with E-state index in [2.05, 4.69) is 0 Å². The lowest BCUT2D eigenvalue weighted by Crippen LogP contribution is -2.39. The highest BCUT2D eigenvalue weighted by Crippen LogP contribution is 2.27. The molecule has 0 saturated carbocycles. The number of amides is 1. The van der Waals surface area contributed by atoms with Crippen LogP contribution in [0.2, 0.25) is 0 Å². The summed E-state index contributed by atoms with van der Waals surface area (Å²) in [5, 5.41) is 9.01. The summed E-state index contributed by atoms with van der Waals surface area (Å²) in [6, 6.07) is 9.25. The third-order valence-corrected chi connectivity index (χ3v) is 4.07. The number of carbonyl (C=O) groups is 2. The van der Waals surface area contributed by atoms with Crippen molar-refractivity contribution in [1.82, 2.24) is 4.90 Å². The lowest BCUT2D eigenvalue weighted by molar-refractivity contribution is -0.140. The molecule has 2 rings (SSSR count). The fourth-order valence-corrected chi connectivity index (χ4v) is 2.84. The number of carbonyl (C=O) groups excluding carboxylic acids is 1. The summed E-state index contributed by atoms with van der Waals surface area (Å²) >= 11 is 0. The van der Waals surface area contributed by atoms with Crippen LogP contribution in [0, 0.1) is 0 Å². The number of hydrogen-bond acceptors (Lipinski definition) is 3. The van der Waals surface area contributed by atoms with Crippen molar-refractivity contribution in [2.24, 2.45) is 0 Å². The van der Waals surface area contributed by atoms with Crippen molar-refractivity contribution < 1.29 is 19.4 Å². The number of rotatable bonds is 5. The van der Waals surface area contributed by atoms with Gasteiger partial charge in [-0.2, -0.15) is 0 Å². The smallest absolute Gasteiger partial charge is 0.305 e. The predicted molar refractivity (Wildman–Crippen MR) is 78.0 cm³/mol. The van der Waals surface area contributed by atoms with Gasteiger partial charge in [-0.1, -0.05) is 30.3 Å². The molecule has 3 unspecified atom stereocenters. The maximum Gasteiger partial charge on any atom is 0.305 e. The van der Waals surface area contributed by atoms with E-state index in [1.54, 1.807) is 12.0 Å². The molecule has 1 aromatic carbocycles. The predicted octanol–water partition coefficient (Wildman–Crippen LogP) is 1.88. The topological polar surface area (TPSA) is 66.8 Å². The van der Waals surface area contributed by atoms with Crippen LogP contribution < -0.4 is 0 Å². The highest BCUT2D eigenvalue weighted by molar-refractivity contribution is 5.84. The first-order valence-corrected chi connectivity index (χ1v) is 7.13. The number of likely N-dealkylation sites (tertiary alicyclic amines) is 1. The second-order valence-electron chi connectivity index (χ2n) is 5.47. The van der Waals surface area contributed by atoms with Crippen LogP contribution in [0.5, 0.6) is 0 Å². The Morgan fingerprint density at radius 2 is 2.05 bits per heavy atom. The van der Waals surface area contributed by atoms with Crippen LogP contribution in [0.4, 0.5) is 0 Å². The van der Waals surface area contributed by atoms with E-state index in [9.17, 15) is 9.59 Å². The first-order valence-electron chi connectivity index (χ1n) is 7.13. The molecule has 114 valence electrons. The van der Waals surface area contributed by atoms with Crippen molar-refractivity contribution in [3.05, 3.63) is 35.9 Å². The Kier molecular flexibility index (Phi) is 4.96. The number of hydrogen-bond donors (Lipinski definition) is 1. The van der Waals surface area contributed by atoms with Crippen LogP contribution in [0.3, 0.4) is 0 Å². The molecule has 0 aromatic heterocycles. The minimum atomic E-state index is -0.887. The number of nitrogens with zero attached hydrogens (tertiary/aromatic N) is 1. The standard InChI is InChI=1S/C16H21NO4/c1-11(12-6-4-3-5-7-12)16(20)17-10-14(21-2)8-13(17)9-15(18)19/h3-7,11,13-14H,8-10H2,1-2H3,(H,18,19). The summed E-state index contributed by atoms with van der Waals surface area (Å²) in [6.07, 6.45) is 0.463. The van der Waals surface area contributed by atoms with Gasteiger partial charge in [0.2, 0.25) is 5.91 Å². The largest absolute Gasteiger partial charge is 0.481 e. The summed E-state index contributed by atoms with van der Waals surface area (Å²) in [4.78, 5) is 25.3. The molecule has 0 radical (unpaired) electrons. The number of benzene rings is 1. The highest BCUT2D eigenvalue weighted by Gasteiger charge is 2.38. The second kappa shape index (κ2) is 6.72. The number of ether oxygens (including phenoxy) is 1. The molecule has 1 aliphatic rings. The van der Waals surface area contributed by atoms with Crippen molar-refractivity contribution in [2.45, 2.75) is 37.8 Å². The van der Waals surface area contributed by atoms with Gasteiger partial charge >= 0.3 is 5.97 Å². The van der Waals surface area contributed by atoms with Gasteiger partial charge in [0.05, 0.1) is 18.4 Å². The molecule has 1 fully saturated rings. The molecule has 5 nitrogen and oxygen atoms in total. The molecule has 1 N–H and O–H groups in total. The average Bonchev–Trinajstić information content (AvgIpc) is 2.89. The van der Waals surface area contributed by atoms with E-state index >= 15 is 0 Å². The molecule has 1 aliphatic heterocycles. The van der Waals surface area contributed by atoms with E-state index in [1.165, 1.54) is 0 Å². The molecule has 21 heavy (non-hydrogen) atoms. The van der Waals surface area contributed by atoms with E-state index in [-0.39, 0.29) is 30.4 Å². The van der Waals surface area contributed by atoms with Gasteiger partial charge in [0.15, 0.2) is 0 Å². The third kappa shape index (κ3) is 3.61. The fraction of sp³-hybridized carbons (Fsp3) is 0.500. The zero-order chi connectivity index (χ0) is 15.4. The minimum Gasteiger partial charge on any atom is -0.481 e. The van der Waals surface area contributed by atoms with Crippen molar-refractivity contribution in [3.8, 4) is 0 Å². The van der Waals surface area contributed by atoms with E-state index in [0.29, 0.717) is 13.0 Å². The first-order chi connectivity index (χ1) is 10.0. The lowest BCUT2D eigenvalue weighted by atomic mass is 9.99. The van der Waals surface area contributed by atoms with Crippen LogP contribution in [-0.4, -0.2) is 47.7 Å². The summed E-state index contributed by atoms with van der Waals surface area (Å²) < 4.78 is 5.30. The number of methoxy groups -OCH3 is 1. The summed E-state index contributed by atoms with van der Waals surface area (Å²) in [5.74, 6) is -1.20. The molecule has 3 atom stereocenters. The zero-order valence-corrected chi connectivity index (χ0v) is 12.4. The molecule has 0 bridgehead atoms. The number of carboxylic acid groups (broad SMARTS) is 1. The third-order valence-electron chi connectivity index (χ3n) is 4.07. The minimum absolute atomic E-state index is 0.0346. The molecule has 1 amide bonds. The summed E-state index contributed by atoms with van der Waals surface area (Å²) in [6.45, 7) is 2.32. The van der Waals surface area contributed by atoms with Crippen molar-refractivity contribution in [3.63, 3.8) is 0 Å². The van der Waals surface area contributed by atoms with Crippen LogP contribution in [0.1, 0.15) is 31.2 Å². The quantitative estimate of drug-likeness (QED) is 0.899. The van der Waals surface area contributed by atoms with E-state index in [0.717, 1.165) is 5.56 Å². The van der Waals surface area contributed by atoms with Crippen molar-refractivity contribution in [1.29, 1.82) is 0 Å². The van der Waals surface area contributed by atoms with E-state index in [1.807, 2.05) is 37.3 Å². The Bertz CT molecular complexity index is 502. The Morgan fingerprint density at radius 1 is 1.38 bits per heavy atom. The first kappa shape index (κ1) is 15.5. The Balaban J connectivity index is 2.13. The van der Waals surface area contributed by atoms with Crippen LogP contribution in [-0.2, 0) is 14.3 Å². The molecule has 0 spiro atoms. The SMILES string of the molecule is COC1CC(CC(=O)O)N(C(=O)C(C)c2ccccc2)C1. The fourth-order valence-electron chi connectivity index (χ4n) is 2.84. The van der Waals surface area contributed by atoms with Gasteiger partial charge in [-0.25, -0.2) is 0 Å². The zero-order valence-electron chi connectivity index (χ0n) is 12.4. The summed E-state index contributed by atoms with van der Waals surface area (Å²) in [5.41, 5.74) is 0.942. The second-order valence-corrected chi connectivity index (χ2v) is 5.47. The molecule has 1 heterocycles. The molecule has 1 saturated heterocycles. The van der Waals surface area contributed by atoms with Gasteiger partial charge in [-0.15, -0.1) is 0 Å². The van der Waals surface area contributed by atoms with Crippen LogP contribution in [0.25, 0.3) is 0 Å². The van der Waals surface area contributed by atoms with Gasteiger partial charge in [-0.05, 0) is 18.9 Å². The maximum atomic E-state index is 12.7. The Hall–Kier alpha value is -1.88. The molecule has 0 aliphatic carbocycles. The lowest BCUT2D eigenvalue weighted by Gasteiger charge is -2.26. The summed E-state index contributed by atoms with van der Waals surface area (Å²) in [7, 11) is 1.59.